The maximum atomic E-state index is 12.2. The molecule has 2 aliphatic heterocycles. The van der Waals surface area contributed by atoms with Crippen LogP contribution in [0.1, 0.15) is 32.6 Å². The van der Waals surface area contributed by atoms with Gasteiger partial charge in [-0.1, -0.05) is 0 Å². The first kappa shape index (κ1) is 12.8. The van der Waals surface area contributed by atoms with Crippen molar-refractivity contribution in [1.29, 1.82) is 0 Å². The molecule has 0 aromatic carbocycles. The number of hydrogen-bond acceptors (Lipinski definition) is 3. The Morgan fingerprint density at radius 3 is 2.71 bits per heavy atom. The quantitative estimate of drug-likeness (QED) is 0.787. The van der Waals surface area contributed by atoms with Gasteiger partial charge in [0.05, 0.1) is 6.54 Å². The number of piperidine rings is 1. The maximum absolute atomic E-state index is 12.2. The van der Waals surface area contributed by atoms with E-state index in [1.54, 1.807) is 0 Å². The molecule has 0 spiro atoms. The molecule has 0 unspecified atom stereocenters. The Bertz CT molecular complexity index is 269. The van der Waals surface area contributed by atoms with Crippen LogP contribution in [-0.4, -0.2) is 61.0 Å². The second-order valence-electron chi connectivity index (χ2n) is 5.43. The highest BCUT2D eigenvalue weighted by Gasteiger charge is 2.27. The molecule has 2 heterocycles. The molecule has 2 atom stereocenters. The molecule has 0 aliphatic carbocycles. The average Bonchev–Trinajstić information content (AvgIpc) is 2.75. The van der Waals surface area contributed by atoms with Crippen LogP contribution in [0.4, 0.5) is 0 Å². The van der Waals surface area contributed by atoms with Crippen LogP contribution in [0.25, 0.3) is 0 Å². The monoisotopic (exact) mass is 239 g/mol. The second kappa shape index (κ2) is 5.83. The zero-order valence-corrected chi connectivity index (χ0v) is 11.1. The van der Waals surface area contributed by atoms with Crippen LogP contribution in [0.5, 0.6) is 0 Å². The lowest BCUT2D eigenvalue weighted by Gasteiger charge is -2.34. The fourth-order valence-corrected chi connectivity index (χ4v) is 2.94. The summed E-state index contributed by atoms with van der Waals surface area (Å²) >= 11 is 0. The van der Waals surface area contributed by atoms with E-state index < -0.39 is 0 Å². The normalized spacial score (nSPS) is 30.8. The highest BCUT2D eigenvalue weighted by atomic mass is 16.2. The van der Waals surface area contributed by atoms with Gasteiger partial charge in [0.25, 0.3) is 0 Å². The number of likely N-dealkylation sites (N-methyl/N-ethyl adjacent to an activating group) is 1. The minimum atomic E-state index is 0.318. The molecule has 0 aromatic rings. The highest BCUT2D eigenvalue weighted by Crippen LogP contribution is 2.17. The van der Waals surface area contributed by atoms with Gasteiger partial charge in [0, 0.05) is 25.2 Å². The van der Waals surface area contributed by atoms with Crippen molar-refractivity contribution in [3.05, 3.63) is 0 Å². The van der Waals surface area contributed by atoms with Crippen molar-refractivity contribution in [2.24, 2.45) is 0 Å². The van der Waals surface area contributed by atoms with Gasteiger partial charge in [0.1, 0.15) is 0 Å². The molecule has 4 heteroatoms. The minimum Gasteiger partial charge on any atom is -0.340 e. The van der Waals surface area contributed by atoms with Crippen LogP contribution in [0.2, 0.25) is 0 Å². The van der Waals surface area contributed by atoms with Crippen molar-refractivity contribution in [2.75, 3.05) is 33.2 Å². The summed E-state index contributed by atoms with van der Waals surface area (Å²) in [5.74, 6) is 0.318. The van der Waals surface area contributed by atoms with Crippen molar-refractivity contribution < 1.29 is 4.79 Å². The number of carbonyl (C=O) groups excluding carboxylic acids is 1. The number of likely N-dealkylation sites (tertiary alicyclic amines) is 2. The Labute approximate surface area is 104 Å². The Morgan fingerprint density at radius 2 is 2.06 bits per heavy atom. The predicted octanol–water partition coefficient (Wildman–Crippen LogP) is 0.681. The molecule has 2 saturated heterocycles. The lowest BCUT2D eigenvalue weighted by Crippen LogP contribution is -2.50. The summed E-state index contributed by atoms with van der Waals surface area (Å²) in [6.07, 6.45) is 4.81. The molecule has 2 rings (SSSR count). The second-order valence-corrected chi connectivity index (χ2v) is 5.43. The van der Waals surface area contributed by atoms with E-state index in [4.69, 9.17) is 0 Å². The maximum Gasteiger partial charge on any atom is 0.236 e. The number of hydrogen-bond donors (Lipinski definition) is 1. The van der Waals surface area contributed by atoms with E-state index >= 15 is 0 Å². The molecule has 0 radical (unpaired) electrons. The van der Waals surface area contributed by atoms with Gasteiger partial charge in [-0.2, -0.15) is 0 Å². The Hall–Kier alpha value is -0.610. The van der Waals surface area contributed by atoms with E-state index in [0.29, 0.717) is 24.5 Å². The van der Waals surface area contributed by atoms with E-state index in [1.807, 2.05) is 11.9 Å². The van der Waals surface area contributed by atoms with Crippen LogP contribution in [0.3, 0.4) is 0 Å². The topological polar surface area (TPSA) is 35.6 Å². The predicted molar refractivity (Wildman–Crippen MR) is 68.9 cm³/mol. The van der Waals surface area contributed by atoms with Gasteiger partial charge < -0.3 is 10.2 Å². The highest BCUT2D eigenvalue weighted by molar-refractivity contribution is 5.78. The zero-order chi connectivity index (χ0) is 12.3. The third-order valence-corrected chi connectivity index (χ3v) is 4.21. The smallest absolute Gasteiger partial charge is 0.236 e. The summed E-state index contributed by atoms with van der Waals surface area (Å²) < 4.78 is 0. The van der Waals surface area contributed by atoms with Crippen molar-refractivity contribution >= 4 is 5.91 Å². The van der Waals surface area contributed by atoms with Gasteiger partial charge in [-0.3, -0.25) is 9.69 Å². The fraction of sp³-hybridized carbons (Fsp3) is 0.923. The molecule has 0 saturated carbocycles. The molecule has 0 aromatic heterocycles. The first-order valence-corrected chi connectivity index (χ1v) is 6.90. The summed E-state index contributed by atoms with van der Waals surface area (Å²) in [4.78, 5) is 16.6. The van der Waals surface area contributed by atoms with Crippen LogP contribution in [0.15, 0.2) is 0 Å². The summed E-state index contributed by atoms with van der Waals surface area (Å²) in [7, 11) is 1.99. The Kier molecular flexibility index (Phi) is 4.40. The van der Waals surface area contributed by atoms with Crippen molar-refractivity contribution in [3.63, 3.8) is 0 Å². The lowest BCUT2D eigenvalue weighted by atomic mass is 10.1. The number of carbonyl (C=O) groups is 1. The van der Waals surface area contributed by atoms with E-state index in [0.717, 1.165) is 26.1 Å². The molecule has 1 amide bonds. The van der Waals surface area contributed by atoms with Gasteiger partial charge in [0.15, 0.2) is 0 Å². The number of nitrogens with zero attached hydrogens (tertiary/aromatic N) is 2. The molecule has 4 nitrogen and oxygen atoms in total. The van der Waals surface area contributed by atoms with Crippen LogP contribution < -0.4 is 5.32 Å². The van der Waals surface area contributed by atoms with E-state index in [2.05, 4.69) is 17.1 Å². The molecular formula is C13H25N3O. The first-order chi connectivity index (χ1) is 8.20. The Balaban J connectivity index is 1.82. The third kappa shape index (κ3) is 3.19. The number of nitrogens with one attached hydrogen (secondary N) is 1. The lowest BCUT2D eigenvalue weighted by molar-refractivity contribution is -0.133. The van der Waals surface area contributed by atoms with Gasteiger partial charge >= 0.3 is 0 Å². The number of amides is 1. The summed E-state index contributed by atoms with van der Waals surface area (Å²) in [6.45, 7) is 5.78. The van der Waals surface area contributed by atoms with Crippen LogP contribution in [0, 0.1) is 0 Å². The SMILES string of the molecule is CN[C@H]1CCCN(C(=O)CN2CCC[C@@H]2C)C1. The largest absolute Gasteiger partial charge is 0.340 e. The van der Waals surface area contributed by atoms with Crippen molar-refractivity contribution in [3.8, 4) is 0 Å². The molecular weight excluding hydrogens is 214 g/mol. The van der Waals surface area contributed by atoms with Crippen molar-refractivity contribution in [2.45, 2.75) is 44.7 Å². The van der Waals surface area contributed by atoms with Crippen molar-refractivity contribution in [1.82, 2.24) is 15.1 Å². The molecule has 98 valence electrons. The summed E-state index contributed by atoms with van der Waals surface area (Å²) in [5, 5.41) is 3.28. The fourth-order valence-electron chi connectivity index (χ4n) is 2.94. The molecule has 17 heavy (non-hydrogen) atoms. The van der Waals surface area contributed by atoms with E-state index in [1.165, 1.54) is 19.3 Å². The summed E-state index contributed by atoms with van der Waals surface area (Å²) in [5.41, 5.74) is 0. The zero-order valence-electron chi connectivity index (χ0n) is 11.1. The van der Waals surface area contributed by atoms with Crippen LogP contribution >= 0.6 is 0 Å². The van der Waals surface area contributed by atoms with Crippen LogP contribution in [-0.2, 0) is 4.79 Å². The Morgan fingerprint density at radius 1 is 1.29 bits per heavy atom. The standard InChI is InChI=1S/C13H25N3O/c1-11-5-3-7-15(11)10-13(17)16-8-4-6-12(9-16)14-2/h11-12,14H,3-10H2,1-2H3/t11-,12-/m0/s1. The molecule has 2 aliphatic rings. The van der Waals surface area contributed by atoms with E-state index in [-0.39, 0.29) is 0 Å². The molecule has 1 N–H and O–H groups in total. The molecule has 0 bridgehead atoms. The van der Waals surface area contributed by atoms with Gasteiger partial charge in [-0.05, 0) is 46.2 Å². The summed E-state index contributed by atoms with van der Waals surface area (Å²) in [6, 6.07) is 1.08. The van der Waals surface area contributed by atoms with Gasteiger partial charge in [-0.25, -0.2) is 0 Å². The van der Waals surface area contributed by atoms with Gasteiger partial charge in [-0.15, -0.1) is 0 Å². The first-order valence-electron chi connectivity index (χ1n) is 6.90. The molecule has 2 fully saturated rings. The van der Waals surface area contributed by atoms with Gasteiger partial charge in [0.2, 0.25) is 5.91 Å². The van der Waals surface area contributed by atoms with E-state index in [9.17, 15) is 4.79 Å². The third-order valence-electron chi connectivity index (χ3n) is 4.21. The minimum absolute atomic E-state index is 0.318. The number of rotatable bonds is 3. The average molecular weight is 239 g/mol.